The Morgan fingerprint density at radius 1 is 1.56 bits per heavy atom. The zero-order valence-electron chi connectivity index (χ0n) is 10.6. The van der Waals surface area contributed by atoms with Crippen molar-refractivity contribution in [1.82, 2.24) is 0 Å². The van der Waals surface area contributed by atoms with Crippen molar-refractivity contribution in [3.8, 4) is 5.75 Å². The average molecular weight is 252 g/mol. The summed E-state index contributed by atoms with van der Waals surface area (Å²) in [5, 5.41) is 8.99. The lowest BCUT2D eigenvalue weighted by atomic mass is 9.89. The minimum atomic E-state index is -0.851. The van der Waals surface area contributed by atoms with Crippen molar-refractivity contribution in [2.45, 2.75) is 32.1 Å². The van der Waals surface area contributed by atoms with Crippen LogP contribution in [0.3, 0.4) is 0 Å². The normalized spacial score (nSPS) is 16.4. The maximum atomic E-state index is 13.5. The average Bonchev–Trinajstić information content (AvgIpc) is 3.08. The summed E-state index contributed by atoms with van der Waals surface area (Å²) in [4.78, 5) is 11.0. The van der Waals surface area contributed by atoms with Gasteiger partial charge >= 0.3 is 5.97 Å². The Bertz CT molecular complexity index is 466. The van der Waals surface area contributed by atoms with Gasteiger partial charge in [0.05, 0.1) is 13.5 Å². The van der Waals surface area contributed by atoms with Gasteiger partial charge in [0.2, 0.25) is 0 Å². The van der Waals surface area contributed by atoms with Gasteiger partial charge in [-0.1, -0.05) is 0 Å². The number of ether oxygens (including phenoxy) is 1. The molecule has 1 aromatic carbocycles. The van der Waals surface area contributed by atoms with E-state index in [4.69, 9.17) is 9.84 Å². The molecule has 1 aliphatic carbocycles. The number of benzene rings is 1. The van der Waals surface area contributed by atoms with Crippen LogP contribution in [-0.4, -0.2) is 18.2 Å². The van der Waals surface area contributed by atoms with Gasteiger partial charge in [0.15, 0.2) is 0 Å². The van der Waals surface area contributed by atoms with Gasteiger partial charge in [-0.2, -0.15) is 0 Å². The highest BCUT2D eigenvalue weighted by atomic mass is 19.1. The first-order valence-corrected chi connectivity index (χ1v) is 6.08. The number of halogens is 1. The lowest BCUT2D eigenvalue weighted by Gasteiger charge is -2.19. The molecule has 1 unspecified atom stereocenters. The van der Waals surface area contributed by atoms with Crippen LogP contribution in [0.1, 0.15) is 36.3 Å². The maximum Gasteiger partial charge on any atom is 0.303 e. The monoisotopic (exact) mass is 252 g/mol. The quantitative estimate of drug-likeness (QED) is 0.875. The molecule has 1 aliphatic rings. The summed E-state index contributed by atoms with van der Waals surface area (Å²) < 4.78 is 18.8. The van der Waals surface area contributed by atoms with Gasteiger partial charge in [-0.05, 0) is 43.4 Å². The molecule has 0 spiro atoms. The summed E-state index contributed by atoms with van der Waals surface area (Å²) in [5.41, 5.74) is 1.41. The third kappa shape index (κ3) is 2.63. The van der Waals surface area contributed by atoms with E-state index in [-0.39, 0.29) is 18.2 Å². The summed E-state index contributed by atoms with van der Waals surface area (Å²) in [6.45, 7) is 1.77. The molecule has 0 heterocycles. The van der Waals surface area contributed by atoms with Gasteiger partial charge < -0.3 is 9.84 Å². The second-order valence-corrected chi connectivity index (χ2v) is 4.89. The van der Waals surface area contributed by atoms with Crippen molar-refractivity contribution in [1.29, 1.82) is 0 Å². The molecule has 0 amide bonds. The van der Waals surface area contributed by atoms with Gasteiger partial charge in [-0.15, -0.1) is 0 Å². The standard InChI is InChI=1S/C14H17FO3/c1-8-5-10(15)6-12(14(8)18-2)11(7-13(16)17)9-3-4-9/h5-6,9,11H,3-4,7H2,1-2H3,(H,16,17). The number of carboxylic acids is 1. The van der Waals surface area contributed by atoms with Crippen molar-refractivity contribution < 1.29 is 19.0 Å². The van der Waals surface area contributed by atoms with Crippen molar-refractivity contribution in [2.24, 2.45) is 5.92 Å². The zero-order valence-corrected chi connectivity index (χ0v) is 10.6. The Hall–Kier alpha value is -1.58. The second-order valence-electron chi connectivity index (χ2n) is 4.89. The number of hydrogen-bond donors (Lipinski definition) is 1. The van der Waals surface area contributed by atoms with Crippen molar-refractivity contribution in [2.75, 3.05) is 7.11 Å². The number of aryl methyl sites for hydroxylation is 1. The van der Waals surface area contributed by atoms with Gasteiger partial charge in [-0.3, -0.25) is 4.79 Å². The van der Waals surface area contributed by atoms with Crippen LogP contribution >= 0.6 is 0 Å². The fraction of sp³-hybridized carbons (Fsp3) is 0.500. The largest absolute Gasteiger partial charge is 0.496 e. The molecular weight excluding hydrogens is 235 g/mol. The molecule has 2 rings (SSSR count). The van der Waals surface area contributed by atoms with E-state index in [1.807, 2.05) is 0 Å². The number of carboxylic acid groups (broad SMARTS) is 1. The van der Waals surface area contributed by atoms with Crippen molar-refractivity contribution in [3.05, 3.63) is 29.1 Å². The van der Waals surface area contributed by atoms with E-state index in [0.29, 0.717) is 22.8 Å². The molecule has 1 atom stereocenters. The number of hydrogen-bond acceptors (Lipinski definition) is 2. The molecule has 0 aromatic heterocycles. The highest BCUT2D eigenvalue weighted by Gasteiger charge is 2.35. The first kappa shape index (κ1) is 12.9. The Morgan fingerprint density at radius 3 is 2.72 bits per heavy atom. The van der Waals surface area contributed by atoms with Crippen LogP contribution in [0.5, 0.6) is 5.75 Å². The van der Waals surface area contributed by atoms with Crippen LogP contribution in [0.25, 0.3) is 0 Å². The molecule has 1 aromatic rings. The van der Waals surface area contributed by atoms with Crippen LogP contribution in [0, 0.1) is 18.7 Å². The molecule has 1 saturated carbocycles. The van der Waals surface area contributed by atoms with E-state index in [0.717, 1.165) is 12.8 Å². The number of aliphatic carboxylic acids is 1. The maximum absolute atomic E-state index is 13.5. The second kappa shape index (κ2) is 4.96. The number of methoxy groups -OCH3 is 1. The van der Waals surface area contributed by atoms with Crippen LogP contribution < -0.4 is 4.74 Å². The molecule has 0 bridgehead atoms. The molecule has 98 valence electrons. The summed E-state index contributed by atoms with van der Waals surface area (Å²) in [5.74, 6) is -0.368. The molecule has 1 N–H and O–H groups in total. The van der Waals surface area contributed by atoms with E-state index in [1.165, 1.54) is 19.2 Å². The van der Waals surface area contributed by atoms with E-state index < -0.39 is 5.97 Å². The number of rotatable bonds is 5. The van der Waals surface area contributed by atoms with Crippen LogP contribution in [0.4, 0.5) is 4.39 Å². The van der Waals surface area contributed by atoms with Gasteiger partial charge in [0.25, 0.3) is 0 Å². The van der Waals surface area contributed by atoms with E-state index in [1.54, 1.807) is 6.92 Å². The Labute approximate surface area is 106 Å². The first-order valence-electron chi connectivity index (χ1n) is 6.08. The molecule has 1 fully saturated rings. The zero-order chi connectivity index (χ0) is 13.3. The Kier molecular flexibility index (Phi) is 3.55. The summed E-state index contributed by atoms with van der Waals surface area (Å²) in [7, 11) is 1.54. The predicted octanol–water partition coefficient (Wildman–Crippen LogP) is 3.11. The molecular formula is C14H17FO3. The lowest BCUT2D eigenvalue weighted by molar-refractivity contribution is -0.137. The third-order valence-corrected chi connectivity index (χ3v) is 3.46. The minimum Gasteiger partial charge on any atom is -0.496 e. The predicted molar refractivity (Wildman–Crippen MR) is 65.4 cm³/mol. The van der Waals surface area contributed by atoms with Gasteiger partial charge in [0.1, 0.15) is 11.6 Å². The van der Waals surface area contributed by atoms with Crippen LogP contribution in [0.15, 0.2) is 12.1 Å². The van der Waals surface area contributed by atoms with E-state index in [9.17, 15) is 9.18 Å². The fourth-order valence-electron chi connectivity index (χ4n) is 2.53. The van der Waals surface area contributed by atoms with E-state index in [2.05, 4.69) is 0 Å². The van der Waals surface area contributed by atoms with Gasteiger partial charge in [-0.25, -0.2) is 4.39 Å². The fourth-order valence-corrected chi connectivity index (χ4v) is 2.53. The topological polar surface area (TPSA) is 46.5 Å². The van der Waals surface area contributed by atoms with Crippen LogP contribution in [-0.2, 0) is 4.79 Å². The first-order chi connectivity index (χ1) is 8.52. The summed E-state index contributed by atoms with van der Waals surface area (Å²) in [6, 6.07) is 2.82. The SMILES string of the molecule is COc1c(C)cc(F)cc1C(CC(=O)O)C1CC1. The smallest absolute Gasteiger partial charge is 0.303 e. The van der Waals surface area contributed by atoms with Crippen molar-refractivity contribution >= 4 is 5.97 Å². The molecule has 0 saturated heterocycles. The van der Waals surface area contributed by atoms with Crippen LogP contribution in [0.2, 0.25) is 0 Å². The highest BCUT2D eigenvalue weighted by molar-refractivity contribution is 5.68. The lowest BCUT2D eigenvalue weighted by Crippen LogP contribution is -2.10. The summed E-state index contributed by atoms with van der Waals surface area (Å²) >= 11 is 0. The molecule has 4 heteroatoms. The minimum absolute atomic E-state index is 0.0317. The molecule has 0 aliphatic heterocycles. The molecule has 0 radical (unpaired) electrons. The Balaban J connectivity index is 2.42. The third-order valence-electron chi connectivity index (χ3n) is 3.46. The van der Waals surface area contributed by atoms with Gasteiger partial charge in [0, 0.05) is 11.5 Å². The highest BCUT2D eigenvalue weighted by Crippen LogP contribution is 2.47. The number of carbonyl (C=O) groups is 1. The van der Waals surface area contributed by atoms with E-state index >= 15 is 0 Å². The summed E-state index contributed by atoms with van der Waals surface area (Å²) in [6.07, 6.45) is 2.05. The molecule has 3 nitrogen and oxygen atoms in total. The van der Waals surface area contributed by atoms with Crippen molar-refractivity contribution in [3.63, 3.8) is 0 Å². The Morgan fingerprint density at radius 2 is 2.22 bits per heavy atom. The molecule has 18 heavy (non-hydrogen) atoms.